The molecule has 1 heterocycles. The highest BCUT2D eigenvalue weighted by Crippen LogP contribution is 2.34. The maximum atomic E-state index is 12.8. The third-order valence-corrected chi connectivity index (χ3v) is 4.55. The van der Waals surface area contributed by atoms with Gasteiger partial charge in [0, 0.05) is 25.0 Å². The van der Waals surface area contributed by atoms with E-state index >= 15 is 0 Å². The van der Waals surface area contributed by atoms with E-state index in [0.717, 1.165) is 11.4 Å². The fourth-order valence-electron chi connectivity index (χ4n) is 2.70. The van der Waals surface area contributed by atoms with Gasteiger partial charge in [0.25, 0.3) is 5.91 Å². The van der Waals surface area contributed by atoms with Crippen molar-refractivity contribution in [2.45, 2.75) is 6.04 Å². The Balaban J connectivity index is 1.95. The van der Waals surface area contributed by atoms with Gasteiger partial charge in [0.05, 0.1) is 17.2 Å². The molecule has 0 aliphatic heterocycles. The molecule has 1 N–H and O–H groups in total. The van der Waals surface area contributed by atoms with Gasteiger partial charge < -0.3 is 14.6 Å². The van der Waals surface area contributed by atoms with Crippen LogP contribution in [0.3, 0.4) is 0 Å². The zero-order valence-electron chi connectivity index (χ0n) is 14.2. The Hall–Kier alpha value is -2.50. The number of carbonyl (C=O) groups is 1. The van der Waals surface area contributed by atoms with E-state index in [1.165, 1.54) is 19.2 Å². The number of carbonyl (C=O) groups excluding carboxylic acids is 1. The summed E-state index contributed by atoms with van der Waals surface area (Å²) in [6.45, 7) is 0. The molecule has 0 fully saturated rings. The summed E-state index contributed by atoms with van der Waals surface area (Å²) in [5.74, 6) is 0.747. The van der Waals surface area contributed by atoms with Crippen molar-refractivity contribution in [3.63, 3.8) is 0 Å². The van der Waals surface area contributed by atoms with Gasteiger partial charge in [0.1, 0.15) is 11.9 Å². The molecule has 1 amide bonds. The van der Waals surface area contributed by atoms with Gasteiger partial charge in [-0.25, -0.2) is 4.98 Å². The average molecular weight is 390 g/mol. The molecule has 0 radical (unpaired) electrons. The summed E-state index contributed by atoms with van der Waals surface area (Å²) in [5, 5.41) is 3.56. The third kappa shape index (κ3) is 3.69. The van der Waals surface area contributed by atoms with Crippen molar-refractivity contribution in [3.05, 3.63) is 81.9 Å². The fraction of sp³-hybridized carbons (Fsp3) is 0.158. The quantitative estimate of drug-likeness (QED) is 0.709. The number of imidazole rings is 1. The van der Waals surface area contributed by atoms with Crippen molar-refractivity contribution in [2.24, 2.45) is 7.05 Å². The van der Waals surface area contributed by atoms with Crippen molar-refractivity contribution in [2.75, 3.05) is 7.11 Å². The first-order chi connectivity index (χ1) is 12.5. The molecule has 3 rings (SSSR count). The molecule has 0 saturated carbocycles. The van der Waals surface area contributed by atoms with Crippen LogP contribution in [-0.4, -0.2) is 22.6 Å². The number of halogens is 2. The lowest BCUT2D eigenvalue weighted by molar-refractivity contribution is 0.0941. The van der Waals surface area contributed by atoms with Gasteiger partial charge in [0.15, 0.2) is 5.75 Å². The molecule has 3 aromatic rings. The molecule has 0 saturated heterocycles. The number of rotatable bonds is 5. The Morgan fingerprint density at radius 1 is 1.19 bits per heavy atom. The van der Waals surface area contributed by atoms with E-state index in [2.05, 4.69) is 10.3 Å². The van der Waals surface area contributed by atoms with Gasteiger partial charge >= 0.3 is 0 Å². The summed E-state index contributed by atoms with van der Waals surface area (Å²) in [4.78, 5) is 17.2. The number of hydrogen-bond acceptors (Lipinski definition) is 3. The first-order valence-corrected chi connectivity index (χ1v) is 8.63. The largest absolute Gasteiger partial charge is 0.494 e. The topological polar surface area (TPSA) is 56.1 Å². The minimum Gasteiger partial charge on any atom is -0.494 e. The van der Waals surface area contributed by atoms with Gasteiger partial charge in [-0.15, -0.1) is 0 Å². The summed E-state index contributed by atoms with van der Waals surface area (Å²) in [7, 11) is 3.35. The predicted molar refractivity (Wildman–Crippen MR) is 102 cm³/mol. The monoisotopic (exact) mass is 389 g/mol. The first kappa shape index (κ1) is 18.3. The molecule has 7 heteroatoms. The van der Waals surface area contributed by atoms with E-state index in [1.807, 2.05) is 48.1 Å². The van der Waals surface area contributed by atoms with Crippen LogP contribution in [0.15, 0.2) is 54.9 Å². The Bertz CT molecular complexity index is 903. The van der Waals surface area contributed by atoms with Gasteiger partial charge in [-0.1, -0.05) is 53.5 Å². The number of amides is 1. The van der Waals surface area contributed by atoms with Crippen LogP contribution in [0, 0.1) is 0 Å². The number of aryl methyl sites for hydroxylation is 1. The number of benzene rings is 2. The highest BCUT2D eigenvalue weighted by Gasteiger charge is 2.22. The van der Waals surface area contributed by atoms with Crippen molar-refractivity contribution < 1.29 is 9.53 Å². The summed E-state index contributed by atoms with van der Waals surface area (Å²) < 4.78 is 6.99. The van der Waals surface area contributed by atoms with Crippen molar-refractivity contribution in [3.8, 4) is 5.75 Å². The summed E-state index contributed by atoms with van der Waals surface area (Å²) in [6.07, 6.45) is 3.52. The normalized spacial score (nSPS) is 11.8. The van der Waals surface area contributed by atoms with E-state index in [4.69, 9.17) is 27.9 Å². The smallest absolute Gasteiger partial charge is 0.252 e. The maximum Gasteiger partial charge on any atom is 0.252 e. The second kappa shape index (κ2) is 7.81. The lowest BCUT2D eigenvalue weighted by atomic mass is 10.1. The first-order valence-electron chi connectivity index (χ1n) is 7.87. The molecule has 0 bridgehead atoms. The minimum absolute atomic E-state index is 0.276. The number of nitrogens with one attached hydrogen (secondary N) is 1. The standard InChI is InChI=1S/C19H17Cl2N3O2/c1-24-9-8-22-18(24)16(12-6-4-3-5-7-12)23-19(25)13-10-14(20)17(26-2)15(21)11-13/h3-11,16H,1-2H3,(H,23,25)/t16-/m1/s1. The summed E-state index contributed by atoms with van der Waals surface area (Å²) in [6, 6.07) is 12.3. The molecule has 0 aliphatic rings. The van der Waals surface area contributed by atoms with E-state index in [0.29, 0.717) is 11.3 Å². The maximum absolute atomic E-state index is 12.8. The summed E-state index contributed by atoms with van der Waals surface area (Å²) in [5.41, 5.74) is 1.26. The van der Waals surface area contributed by atoms with Crippen LogP contribution in [0.1, 0.15) is 27.8 Å². The van der Waals surface area contributed by atoms with Crippen molar-refractivity contribution in [1.29, 1.82) is 0 Å². The molecule has 0 aliphatic carbocycles. The highest BCUT2D eigenvalue weighted by molar-refractivity contribution is 6.37. The van der Waals surface area contributed by atoms with Gasteiger partial charge in [0.2, 0.25) is 0 Å². The third-order valence-electron chi connectivity index (χ3n) is 3.99. The number of ether oxygens (including phenoxy) is 1. The van der Waals surface area contributed by atoms with Crippen LogP contribution < -0.4 is 10.1 Å². The Morgan fingerprint density at radius 2 is 1.85 bits per heavy atom. The zero-order valence-corrected chi connectivity index (χ0v) is 15.8. The molecule has 0 spiro atoms. The Labute approximate surface area is 161 Å². The van der Waals surface area contributed by atoms with Crippen LogP contribution in [0.5, 0.6) is 5.75 Å². The number of nitrogens with zero attached hydrogens (tertiary/aromatic N) is 2. The SMILES string of the molecule is COc1c(Cl)cc(C(=O)N[C@H](c2ccccc2)c2nccn2C)cc1Cl. The van der Waals surface area contributed by atoms with E-state index in [9.17, 15) is 4.79 Å². The molecular weight excluding hydrogens is 373 g/mol. The molecule has 5 nitrogen and oxygen atoms in total. The van der Waals surface area contributed by atoms with Crippen LogP contribution in [0.25, 0.3) is 0 Å². The Kier molecular flexibility index (Phi) is 5.49. The van der Waals surface area contributed by atoms with Crippen LogP contribution in [0.2, 0.25) is 10.0 Å². The van der Waals surface area contributed by atoms with Gasteiger partial charge in [-0.3, -0.25) is 4.79 Å². The molecular formula is C19H17Cl2N3O2. The average Bonchev–Trinajstić information content (AvgIpc) is 3.05. The minimum atomic E-state index is -0.414. The van der Waals surface area contributed by atoms with Gasteiger partial charge in [-0.05, 0) is 17.7 Å². The summed E-state index contributed by atoms with van der Waals surface area (Å²) >= 11 is 12.3. The molecule has 1 aromatic heterocycles. The van der Waals surface area contributed by atoms with E-state index < -0.39 is 6.04 Å². The van der Waals surface area contributed by atoms with E-state index in [-0.39, 0.29) is 16.0 Å². The Morgan fingerprint density at radius 3 is 2.38 bits per heavy atom. The van der Waals surface area contributed by atoms with Crippen LogP contribution in [-0.2, 0) is 7.05 Å². The highest BCUT2D eigenvalue weighted by atomic mass is 35.5. The number of hydrogen-bond donors (Lipinski definition) is 1. The molecule has 1 atom stereocenters. The lowest BCUT2D eigenvalue weighted by Crippen LogP contribution is -2.31. The van der Waals surface area contributed by atoms with E-state index in [1.54, 1.807) is 6.20 Å². The predicted octanol–water partition coefficient (Wildman–Crippen LogP) is 4.25. The van der Waals surface area contributed by atoms with Crippen LogP contribution in [0.4, 0.5) is 0 Å². The number of methoxy groups -OCH3 is 1. The molecule has 134 valence electrons. The second-order valence-corrected chi connectivity index (χ2v) is 6.50. The number of aromatic nitrogens is 2. The fourth-order valence-corrected chi connectivity index (χ4v) is 3.34. The second-order valence-electron chi connectivity index (χ2n) is 5.69. The van der Waals surface area contributed by atoms with Crippen LogP contribution >= 0.6 is 23.2 Å². The van der Waals surface area contributed by atoms with Crippen molar-refractivity contribution >= 4 is 29.1 Å². The zero-order chi connectivity index (χ0) is 18.7. The lowest BCUT2D eigenvalue weighted by Gasteiger charge is -2.19. The molecule has 26 heavy (non-hydrogen) atoms. The molecule has 2 aromatic carbocycles. The van der Waals surface area contributed by atoms with Gasteiger partial charge in [-0.2, -0.15) is 0 Å². The van der Waals surface area contributed by atoms with Crippen molar-refractivity contribution in [1.82, 2.24) is 14.9 Å². The molecule has 0 unspecified atom stereocenters.